The molecule has 3 rings (SSSR count). The van der Waals surface area contributed by atoms with Crippen LogP contribution in [0.2, 0.25) is 0 Å². The monoisotopic (exact) mass is 301 g/mol. The maximum absolute atomic E-state index is 12.0. The molecular formula is C17H23N3O2. The van der Waals surface area contributed by atoms with Gasteiger partial charge < -0.3 is 15.1 Å². The molecule has 1 aliphatic carbocycles. The fraction of sp³-hybridized carbons (Fsp3) is 0.529. The minimum atomic E-state index is 0.0120. The first-order chi connectivity index (χ1) is 10.8. The number of nitrogens with one attached hydrogen (secondary N) is 1. The molecular weight excluding hydrogens is 278 g/mol. The minimum Gasteiger partial charge on any atom is -0.368 e. The van der Waals surface area contributed by atoms with E-state index in [1.165, 1.54) is 12.8 Å². The van der Waals surface area contributed by atoms with Gasteiger partial charge in [-0.05, 0) is 36.6 Å². The molecule has 5 nitrogen and oxygen atoms in total. The molecule has 1 aromatic rings. The van der Waals surface area contributed by atoms with E-state index in [1.54, 1.807) is 4.90 Å². The summed E-state index contributed by atoms with van der Waals surface area (Å²) in [5.74, 6) is 0.852. The van der Waals surface area contributed by atoms with E-state index in [9.17, 15) is 9.59 Å². The molecule has 0 radical (unpaired) electrons. The second-order valence-electron chi connectivity index (χ2n) is 6.16. The Labute approximate surface area is 131 Å². The van der Waals surface area contributed by atoms with Crippen LogP contribution in [0, 0.1) is 5.92 Å². The highest BCUT2D eigenvalue weighted by Crippen LogP contribution is 2.31. The standard InChI is InChI=1S/C17H23N3O2/c21-13-19-9-11-20(12-10-19)16-5-3-15(4-6-16)17(22)18-8-7-14-1-2-14/h3-6,13-14H,1-2,7-12H2,(H,18,22). The zero-order valence-electron chi connectivity index (χ0n) is 12.8. The largest absolute Gasteiger partial charge is 0.368 e. The molecule has 2 aliphatic rings. The Bertz CT molecular complexity index is 517. The Balaban J connectivity index is 1.50. The number of carbonyl (C=O) groups excluding carboxylic acids is 2. The molecule has 1 heterocycles. The molecule has 0 unspecified atom stereocenters. The van der Waals surface area contributed by atoms with Crippen molar-refractivity contribution >= 4 is 18.0 Å². The smallest absolute Gasteiger partial charge is 0.251 e. The van der Waals surface area contributed by atoms with E-state index in [4.69, 9.17) is 0 Å². The van der Waals surface area contributed by atoms with Gasteiger partial charge in [0.15, 0.2) is 0 Å². The lowest BCUT2D eigenvalue weighted by Crippen LogP contribution is -2.45. The number of anilines is 1. The van der Waals surface area contributed by atoms with Crippen molar-refractivity contribution in [1.82, 2.24) is 10.2 Å². The fourth-order valence-electron chi connectivity index (χ4n) is 2.81. The summed E-state index contributed by atoms with van der Waals surface area (Å²) >= 11 is 0. The van der Waals surface area contributed by atoms with Crippen molar-refractivity contribution in [1.29, 1.82) is 0 Å². The Morgan fingerprint density at radius 1 is 1.14 bits per heavy atom. The topological polar surface area (TPSA) is 52.7 Å². The van der Waals surface area contributed by atoms with Gasteiger partial charge in [0, 0.05) is 44.0 Å². The van der Waals surface area contributed by atoms with Crippen LogP contribution >= 0.6 is 0 Å². The SMILES string of the molecule is O=CN1CCN(c2ccc(C(=O)NCCC3CC3)cc2)CC1. The molecule has 0 atom stereocenters. The van der Waals surface area contributed by atoms with E-state index in [0.717, 1.165) is 57.2 Å². The van der Waals surface area contributed by atoms with Crippen LogP contribution in [0.4, 0.5) is 5.69 Å². The van der Waals surface area contributed by atoms with Crippen LogP contribution in [0.5, 0.6) is 0 Å². The first-order valence-electron chi connectivity index (χ1n) is 8.09. The fourth-order valence-corrected chi connectivity index (χ4v) is 2.81. The highest BCUT2D eigenvalue weighted by Gasteiger charge is 2.21. The molecule has 0 spiro atoms. The van der Waals surface area contributed by atoms with E-state index in [0.29, 0.717) is 5.56 Å². The molecule has 118 valence electrons. The molecule has 1 aromatic carbocycles. The Hall–Kier alpha value is -2.04. The predicted molar refractivity (Wildman–Crippen MR) is 86.0 cm³/mol. The molecule has 1 saturated carbocycles. The van der Waals surface area contributed by atoms with Crippen molar-refractivity contribution in [3.05, 3.63) is 29.8 Å². The summed E-state index contributed by atoms with van der Waals surface area (Å²) in [4.78, 5) is 26.8. The molecule has 2 amide bonds. The lowest BCUT2D eigenvalue weighted by Gasteiger charge is -2.34. The van der Waals surface area contributed by atoms with Crippen LogP contribution < -0.4 is 10.2 Å². The van der Waals surface area contributed by atoms with Gasteiger partial charge in [-0.25, -0.2) is 0 Å². The Kier molecular flexibility index (Phi) is 4.61. The predicted octanol–water partition coefficient (Wildman–Crippen LogP) is 1.49. The molecule has 22 heavy (non-hydrogen) atoms. The number of carbonyl (C=O) groups is 2. The highest BCUT2D eigenvalue weighted by atomic mass is 16.1. The molecule has 1 saturated heterocycles. The maximum atomic E-state index is 12.0. The molecule has 5 heteroatoms. The van der Waals surface area contributed by atoms with Gasteiger partial charge in [-0.1, -0.05) is 12.8 Å². The van der Waals surface area contributed by atoms with Crippen molar-refractivity contribution in [3.8, 4) is 0 Å². The molecule has 0 bridgehead atoms. The average Bonchev–Trinajstić information content (AvgIpc) is 3.39. The van der Waals surface area contributed by atoms with Crippen molar-refractivity contribution in [2.24, 2.45) is 5.92 Å². The van der Waals surface area contributed by atoms with Crippen LogP contribution in [-0.4, -0.2) is 49.9 Å². The number of piperazine rings is 1. The van der Waals surface area contributed by atoms with Gasteiger partial charge in [-0.15, -0.1) is 0 Å². The molecule has 2 fully saturated rings. The van der Waals surface area contributed by atoms with Crippen LogP contribution in [0.1, 0.15) is 29.6 Å². The summed E-state index contributed by atoms with van der Waals surface area (Å²) in [5, 5.41) is 2.98. The average molecular weight is 301 g/mol. The quantitative estimate of drug-likeness (QED) is 0.810. The van der Waals surface area contributed by atoms with Crippen molar-refractivity contribution in [3.63, 3.8) is 0 Å². The first-order valence-corrected chi connectivity index (χ1v) is 8.09. The number of rotatable bonds is 6. The van der Waals surface area contributed by atoms with E-state index < -0.39 is 0 Å². The highest BCUT2D eigenvalue weighted by molar-refractivity contribution is 5.94. The zero-order valence-corrected chi connectivity index (χ0v) is 12.8. The summed E-state index contributed by atoms with van der Waals surface area (Å²) in [6.45, 7) is 3.97. The Morgan fingerprint density at radius 2 is 1.82 bits per heavy atom. The van der Waals surface area contributed by atoms with Crippen molar-refractivity contribution < 1.29 is 9.59 Å². The third-order valence-electron chi connectivity index (χ3n) is 4.49. The van der Waals surface area contributed by atoms with Gasteiger partial charge in [-0.3, -0.25) is 9.59 Å². The van der Waals surface area contributed by atoms with Crippen LogP contribution in [-0.2, 0) is 4.79 Å². The van der Waals surface area contributed by atoms with Crippen molar-refractivity contribution in [2.75, 3.05) is 37.6 Å². The van der Waals surface area contributed by atoms with Gasteiger partial charge in [0.2, 0.25) is 6.41 Å². The molecule has 1 aliphatic heterocycles. The van der Waals surface area contributed by atoms with Gasteiger partial charge in [0.05, 0.1) is 0 Å². The van der Waals surface area contributed by atoms with Gasteiger partial charge in [0.1, 0.15) is 0 Å². The van der Waals surface area contributed by atoms with Crippen LogP contribution in [0.15, 0.2) is 24.3 Å². The number of amides is 2. The van der Waals surface area contributed by atoms with Gasteiger partial charge in [-0.2, -0.15) is 0 Å². The van der Waals surface area contributed by atoms with E-state index in [1.807, 2.05) is 24.3 Å². The number of benzene rings is 1. The maximum Gasteiger partial charge on any atom is 0.251 e. The minimum absolute atomic E-state index is 0.0120. The zero-order chi connectivity index (χ0) is 15.4. The summed E-state index contributed by atoms with van der Waals surface area (Å²) < 4.78 is 0. The van der Waals surface area contributed by atoms with E-state index in [-0.39, 0.29) is 5.91 Å². The lowest BCUT2D eigenvalue weighted by atomic mass is 10.1. The summed E-state index contributed by atoms with van der Waals surface area (Å²) in [5.41, 5.74) is 1.83. The third kappa shape index (κ3) is 3.78. The van der Waals surface area contributed by atoms with Crippen LogP contribution in [0.25, 0.3) is 0 Å². The van der Waals surface area contributed by atoms with Crippen molar-refractivity contribution in [2.45, 2.75) is 19.3 Å². The second kappa shape index (κ2) is 6.81. The van der Waals surface area contributed by atoms with Crippen LogP contribution in [0.3, 0.4) is 0 Å². The third-order valence-corrected chi connectivity index (χ3v) is 4.49. The number of hydrogen-bond acceptors (Lipinski definition) is 3. The normalized spacial score (nSPS) is 18.2. The second-order valence-corrected chi connectivity index (χ2v) is 6.16. The first kappa shape index (κ1) is 14.9. The number of nitrogens with zero attached hydrogens (tertiary/aromatic N) is 2. The van der Waals surface area contributed by atoms with Gasteiger partial charge >= 0.3 is 0 Å². The number of hydrogen-bond donors (Lipinski definition) is 1. The summed E-state index contributed by atoms with van der Waals surface area (Å²) in [6, 6.07) is 7.75. The van der Waals surface area contributed by atoms with E-state index in [2.05, 4.69) is 10.2 Å². The molecule has 0 aromatic heterocycles. The summed E-state index contributed by atoms with van der Waals surface area (Å²) in [7, 11) is 0. The summed E-state index contributed by atoms with van der Waals surface area (Å²) in [6.07, 6.45) is 4.65. The lowest BCUT2D eigenvalue weighted by molar-refractivity contribution is -0.118. The van der Waals surface area contributed by atoms with Gasteiger partial charge in [0.25, 0.3) is 5.91 Å². The Morgan fingerprint density at radius 3 is 2.41 bits per heavy atom. The molecule has 1 N–H and O–H groups in total. The van der Waals surface area contributed by atoms with E-state index >= 15 is 0 Å².